The molecule has 6 nitrogen and oxygen atoms in total. The minimum atomic E-state index is -3.57. The molecular formula is C17H21N3O3S2. The Morgan fingerprint density at radius 2 is 1.88 bits per heavy atom. The minimum Gasteiger partial charge on any atom is -0.351 e. The van der Waals surface area contributed by atoms with Crippen molar-refractivity contribution in [3.63, 3.8) is 0 Å². The Morgan fingerprint density at radius 1 is 1.16 bits per heavy atom. The highest BCUT2D eigenvalue weighted by Gasteiger charge is 2.13. The van der Waals surface area contributed by atoms with Crippen LogP contribution >= 0.6 is 11.8 Å². The molecule has 2 N–H and O–H groups in total. The van der Waals surface area contributed by atoms with Crippen molar-refractivity contribution in [3.05, 3.63) is 53.7 Å². The monoisotopic (exact) mass is 379 g/mol. The van der Waals surface area contributed by atoms with Crippen molar-refractivity contribution in [1.82, 2.24) is 15.0 Å². The van der Waals surface area contributed by atoms with Crippen LogP contribution in [-0.2, 0) is 10.0 Å². The highest BCUT2D eigenvalue weighted by atomic mass is 32.2. The Hall–Kier alpha value is -1.90. The van der Waals surface area contributed by atoms with Crippen LogP contribution in [0.4, 0.5) is 0 Å². The van der Waals surface area contributed by atoms with E-state index in [9.17, 15) is 13.2 Å². The van der Waals surface area contributed by atoms with E-state index in [0.29, 0.717) is 5.56 Å². The third-order valence-electron chi connectivity index (χ3n) is 3.32. The summed E-state index contributed by atoms with van der Waals surface area (Å²) in [6.45, 7) is 4.22. The van der Waals surface area contributed by atoms with Crippen LogP contribution in [0, 0.1) is 6.92 Å². The van der Waals surface area contributed by atoms with Gasteiger partial charge in [0.1, 0.15) is 0 Å². The Balaban J connectivity index is 1.85. The van der Waals surface area contributed by atoms with Gasteiger partial charge in [-0.3, -0.25) is 4.79 Å². The Kier molecular flexibility index (Phi) is 6.98. The molecule has 0 radical (unpaired) electrons. The lowest BCUT2D eigenvalue weighted by Crippen LogP contribution is -2.34. The molecule has 0 fully saturated rings. The number of aryl methyl sites for hydroxylation is 1. The zero-order chi connectivity index (χ0) is 18.3. The number of pyridine rings is 1. The molecule has 0 saturated carbocycles. The number of aromatic nitrogens is 1. The molecule has 1 heterocycles. The van der Waals surface area contributed by atoms with Crippen molar-refractivity contribution >= 4 is 27.7 Å². The number of thioether (sulfide) groups is 1. The topological polar surface area (TPSA) is 88.2 Å². The average molecular weight is 380 g/mol. The van der Waals surface area contributed by atoms with E-state index in [0.717, 1.165) is 16.3 Å². The lowest BCUT2D eigenvalue weighted by molar-refractivity contribution is 0.0954. The molecule has 1 aromatic carbocycles. The number of amides is 1. The van der Waals surface area contributed by atoms with Gasteiger partial charge in [0.05, 0.1) is 9.92 Å². The van der Waals surface area contributed by atoms with Crippen LogP contribution in [0.15, 0.2) is 52.5 Å². The first-order valence-electron chi connectivity index (χ1n) is 7.86. The third kappa shape index (κ3) is 5.84. The van der Waals surface area contributed by atoms with Crippen LogP contribution in [0.1, 0.15) is 22.8 Å². The molecule has 0 atom stereocenters. The molecule has 0 spiro atoms. The highest BCUT2D eigenvalue weighted by Crippen LogP contribution is 2.15. The number of sulfonamides is 1. The average Bonchev–Trinajstić information content (AvgIpc) is 2.59. The smallest absolute Gasteiger partial charge is 0.251 e. The number of rotatable bonds is 8. The van der Waals surface area contributed by atoms with E-state index < -0.39 is 10.0 Å². The molecular weight excluding hydrogens is 358 g/mol. The van der Waals surface area contributed by atoms with Crippen molar-refractivity contribution in [3.8, 4) is 0 Å². The van der Waals surface area contributed by atoms with Gasteiger partial charge in [-0.25, -0.2) is 18.1 Å². The van der Waals surface area contributed by atoms with Crippen LogP contribution < -0.4 is 10.0 Å². The van der Waals surface area contributed by atoms with Crippen LogP contribution in [0.2, 0.25) is 0 Å². The van der Waals surface area contributed by atoms with Gasteiger partial charge in [-0.1, -0.05) is 24.6 Å². The van der Waals surface area contributed by atoms with Crippen molar-refractivity contribution in [2.24, 2.45) is 0 Å². The summed E-state index contributed by atoms with van der Waals surface area (Å²) in [5, 5.41) is 3.49. The summed E-state index contributed by atoms with van der Waals surface area (Å²) in [6.07, 6.45) is 1.59. The first kappa shape index (κ1) is 19.4. The predicted molar refractivity (Wildman–Crippen MR) is 99.3 cm³/mol. The molecule has 2 rings (SSSR count). The summed E-state index contributed by atoms with van der Waals surface area (Å²) in [6, 6.07) is 9.95. The molecule has 1 aromatic heterocycles. The van der Waals surface area contributed by atoms with Crippen molar-refractivity contribution in [1.29, 1.82) is 0 Å². The van der Waals surface area contributed by atoms with Gasteiger partial charge in [-0.15, -0.1) is 11.8 Å². The maximum atomic E-state index is 12.1. The number of carbonyl (C=O) groups is 1. The molecule has 0 unspecified atom stereocenters. The number of hydrogen-bond acceptors (Lipinski definition) is 5. The van der Waals surface area contributed by atoms with Gasteiger partial charge in [-0.05, 0) is 36.9 Å². The van der Waals surface area contributed by atoms with E-state index >= 15 is 0 Å². The Labute approximate surface area is 152 Å². The summed E-state index contributed by atoms with van der Waals surface area (Å²) in [5.74, 6) is 0.619. The van der Waals surface area contributed by atoms with Gasteiger partial charge in [0, 0.05) is 24.8 Å². The number of hydrogen-bond donors (Lipinski definition) is 2. The fourth-order valence-corrected chi connectivity index (χ4v) is 3.72. The molecule has 25 heavy (non-hydrogen) atoms. The quantitative estimate of drug-likeness (QED) is 0.542. The van der Waals surface area contributed by atoms with E-state index in [4.69, 9.17) is 0 Å². The van der Waals surface area contributed by atoms with E-state index in [-0.39, 0.29) is 23.9 Å². The van der Waals surface area contributed by atoms with Gasteiger partial charge in [0.25, 0.3) is 5.91 Å². The molecule has 1 amide bonds. The zero-order valence-electron chi connectivity index (χ0n) is 14.2. The fourth-order valence-electron chi connectivity index (χ4n) is 2.04. The van der Waals surface area contributed by atoms with Crippen molar-refractivity contribution in [2.45, 2.75) is 23.8 Å². The molecule has 0 aliphatic heterocycles. The van der Waals surface area contributed by atoms with Crippen LogP contribution in [0.5, 0.6) is 0 Å². The highest BCUT2D eigenvalue weighted by molar-refractivity contribution is 7.99. The summed E-state index contributed by atoms with van der Waals surface area (Å²) < 4.78 is 26.8. The van der Waals surface area contributed by atoms with E-state index in [1.807, 2.05) is 13.8 Å². The van der Waals surface area contributed by atoms with E-state index in [1.54, 1.807) is 54.4 Å². The molecule has 0 aliphatic carbocycles. The number of nitrogens with one attached hydrogen (secondary N) is 2. The van der Waals surface area contributed by atoms with Crippen molar-refractivity contribution < 1.29 is 13.2 Å². The fraction of sp³-hybridized carbons (Fsp3) is 0.294. The van der Waals surface area contributed by atoms with Gasteiger partial charge in [0.2, 0.25) is 10.0 Å². The Morgan fingerprint density at radius 3 is 2.56 bits per heavy atom. The molecule has 134 valence electrons. The molecule has 0 bridgehead atoms. The Bertz CT molecular complexity index is 821. The molecule has 0 aliphatic rings. The summed E-state index contributed by atoms with van der Waals surface area (Å²) in [5.41, 5.74) is 1.50. The number of carbonyl (C=O) groups excluding carboxylic acids is 1. The first-order chi connectivity index (χ1) is 11.9. The number of nitrogens with zero attached hydrogens (tertiary/aromatic N) is 1. The normalized spacial score (nSPS) is 11.3. The van der Waals surface area contributed by atoms with E-state index in [1.165, 1.54) is 0 Å². The predicted octanol–water partition coefficient (Wildman–Crippen LogP) is 2.21. The zero-order valence-corrected chi connectivity index (χ0v) is 15.8. The van der Waals surface area contributed by atoms with E-state index in [2.05, 4.69) is 15.0 Å². The summed E-state index contributed by atoms with van der Waals surface area (Å²) >= 11 is 1.55. The second kappa shape index (κ2) is 8.98. The van der Waals surface area contributed by atoms with Crippen LogP contribution in [0.25, 0.3) is 0 Å². The largest absolute Gasteiger partial charge is 0.351 e. The lowest BCUT2D eigenvalue weighted by atomic mass is 10.2. The van der Waals surface area contributed by atoms with Gasteiger partial charge in [-0.2, -0.15) is 0 Å². The number of benzene rings is 1. The molecule has 2 aromatic rings. The van der Waals surface area contributed by atoms with Gasteiger partial charge in [0.15, 0.2) is 0 Å². The second-order valence-electron chi connectivity index (χ2n) is 5.28. The van der Waals surface area contributed by atoms with Crippen LogP contribution in [0.3, 0.4) is 0 Å². The lowest BCUT2D eigenvalue weighted by Gasteiger charge is -2.09. The van der Waals surface area contributed by atoms with Crippen LogP contribution in [-0.4, -0.2) is 38.2 Å². The standard InChI is InChI=1S/C17H21N3O3S2/c1-3-24-16-12-14(8-9-18-16)17(21)19-10-11-20-25(22,23)15-6-4-13(2)5-7-15/h4-9,12,20H,3,10-11H2,1-2H3,(H,19,21). The van der Waals surface area contributed by atoms with Gasteiger partial charge < -0.3 is 5.32 Å². The summed E-state index contributed by atoms with van der Waals surface area (Å²) in [4.78, 5) is 16.5. The third-order valence-corrected chi connectivity index (χ3v) is 5.61. The maximum absolute atomic E-state index is 12.1. The van der Waals surface area contributed by atoms with Crippen molar-refractivity contribution in [2.75, 3.05) is 18.8 Å². The maximum Gasteiger partial charge on any atom is 0.251 e. The second-order valence-corrected chi connectivity index (χ2v) is 8.33. The molecule has 0 saturated heterocycles. The SMILES string of the molecule is CCSc1cc(C(=O)NCCNS(=O)(=O)c2ccc(C)cc2)ccn1. The summed E-state index contributed by atoms with van der Waals surface area (Å²) in [7, 11) is -3.57. The minimum absolute atomic E-state index is 0.115. The molecule has 8 heteroatoms. The first-order valence-corrected chi connectivity index (χ1v) is 10.3. The van der Waals surface area contributed by atoms with Gasteiger partial charge >= 0.3 is 0 Å².